The van der Waals surface area contributed by atoms with Crippen LogP contribution in [-0.2, 0) is 6.54 Å². The first-order chi connectivity index (χ1) is 15.5. The molecule has 4 aromatic rings. The molecule has 3 heterocycles. The summed E-state index contributed by atoms with van der Waals surface area (Å²) in [6.07, 6.45) is 4.24. The van der Waals surface area contributed by atoms with Crippen molar-refractivity contribution in [3.8, 4) is 17.2 Å². The largest absolute Gasteiger partial charge is 0.334 e. The van der Waals surface area contributed by atoms with Crippen LogP contribution in [-0.4, -0.2) is 63.6 Å². The van der Waals surface area contributed by atoms with E-state index in [-0.39, 0.29) is 17.8 Å². The fourth-order valence-corrected chi connectivity index (χ4v) is 3.41. The fourth-order valence-electron chi connectivity index (χ4n) is 3.41. The molecule has 3 aromatic heterocycles. The van der Waals surface area contributed by atoms with Gasteiger partial charge < -0.3 is 4.90 Å². The Hall–Kier alpha value is -4.02. The van der Waals surface area contributed by atoms with E-state index in [1.807, 2.05) is 39.0 Å². The van der Waals surface area contributed by atoms with Crippen LogP contribution < -0.4 is 0 Å². The van der Waals surface area contributed by atoms with Gasteiger partial charge in [-0.15, -0.1) is 10.2 Å². The van der Waals surface area contributed by atoms with Gasteiger partial charge in [-0.1, -0.05) is 11.6 Å². The summed E-state index contributed by atoms with van der Waals surface area (Å²) in [4.78, 5) is 22.0. The van der Waals surface area contributed by atoms with E-state index in [1.165, 1.54) is 21.7 Å². The molecule has 0 aliphatic rings. The van der Waals surface area contributed by atoms with Crippen LogP contribution in [0.25, 0.3) is 17.2 Å². The van der Waals surface area contributed by atoms with Gasteiger partial charge in [0.15, 0.2) is 0 Å². The third-order valence-electron chi connectivity index (χ3n) is 4.99. The number of rotatable bonds is 7. The van der Waals surface area contributed by atoms with E-state index in [0.717, 1.165) is 11.8 Å². The summed E-state index contributed by atoms with van der Waals surface area (Å²) in [6.45, 7) is 6.58. The molecule has 11 heteroatoms. The Morgan fingerprint density at radius 1 is 1.19 bits per heavy atom. The van der Waals surface area contributed by atoms with Crippen LogP contribution in [0.1, 0.15) is 29.8 Å². The number of aromatic nitrogens is 8. The van der Waals surface area contributed by atoms with Crippen LogP contribution in [0.2, 0.25) is 0 Å². The van der Waals surface area contributed by atoms with Gasteiger partial charge in [-0.05, 0) is 50.3 Å². The number of tetrazole rings is 1. The van der Waals surface area contributed by atoms with Crippen molar-refractivity contribution in [2.45, 2.75) is 33.4 Å². The molecule has 1 atom stereocenters. The van der Waals surface area contributed by atoms with E-state index in [2.05, 4.69) is 30.6 Å². The Morgan fingerprint density at radius 2 is 1.97 bits per heavy atom. The maximum Gasteiger partial charge on any atom is 0.256 e. The number of nitrogens with zero attached hydrogens (tertiary/aromatic N) is 9. The van der Waals surface area contributed by atoms with Gasteiger partial charge in [0, 0.05) is 6.54 Å². The second-order valence-electron chi connectivity index (χ2n) is 7.31. The summed E-state index contributed by atoms with van der Waals surface area (Å²) in [6, 6.07) is 8.14. The van der Waals surface area contributed by atoms with Crippen LogP contribution in [0, 0.1) is 12.7 Å². The Bertz CT molecular complexity index is 1200. The number of hydrogen-bond acceptors (Lipinski definition) is 7. The van der Waals surface area contributed by atoms with E-state index in [0.29, 0.717) is 30.0 Å². The minimum atomic E-state index is -0.437. The molecule has 0 aliphatic carbocycles. The monoisotopic (exact) mass is 435 g/mol. The van der Waals surface area contributed by atoms with E-state index in [4.69, 9.17) is 0 Å². The molecule has 164 valence electrons. The SMILES string of the molecule is CCN(C(=O)c1cc(C)ccc1-n1nccn1)[C@@H](C)Cn1nnc(-c2ccc(F)cn2)n1. The molecule has 0 aliphatic heterocycles. The number of halogens is 1. The average Bonchev–Trinajstić information content (AvgIpc) is 3.47. The van der Waals surface area contributed by atoms with Crippen LogP contribution in [0.3, 0.4) is 0 Å². The van der Waals surface area contributed by atoms with Gasteiger partial charge in [-0.2, -0.15) is 19.8 Å². The zero-order valence-corrected chi connectivity index (χ0v) is 17.9. The number of amides is 1. The second kappa shape index (κ2) is 9.00. The number of pyridine rings is 1. The molecule has 0 fully saturated rings. The Balaban J connectivity index is 1.55. The quantitative estimate of drug-likeness (QED) is 0.438. The van der Waals surface area contributed by atoms with E-state index in [1.54, 1.807) is 17.3 Å². The van der Waals surface area contributed by atoms with Crippen molar-refractivity contribution in [2.75, 3.05) is 6.54 Å². The van der Waals surface area contributed by atoms with Gasteiger partial charge >= 0.3 is 0 Å². The molecular formula is C21H22FN9O. The summed E-state index contributed by atoms with van der Waals surface area (Å²) < 4.78 is 13.1. The highest BCUT2D eigenvalue weighted by molar-refractivity contribution is 5.98. The molecular weight excluding hydrogens is 413 g/mol. The van der Waals surface area contributed by atoms with Crippen molar-refractivity contribution in [3.63, 3.8) is 0 Å². The highest BCUT2D eigenvalue weighted by atomic mass is 19.1. The molecule has 0 spiro atoms. The number of hydrogen-bond donors (Lipinski definition) is 0. The van der Waals surface area contributed by atoms with Gasteiger partial charge in [0.2, 0.25) is 5.82 Å². The standard InChI is InChI=1S/C21H22FN9O/c1-4-29(21(32)17-11-14(2)5-8-19(17)31-24-9-10-25-31)15(3)13-30-27-20(26-28-30)18-7-6-16(22)12-23-18/h5-12,15H,4,13H2,1-3H3/t15-/m0/s1. The zero-order valence-electron chi connectivity index (χ0n) is 17.9. The van der Waals surface area contributed by atoms with E-state index in [9.17, 15) is 9.18 Å². The molecule has 4 rings (SSSR count). The van der Waals surface area contributed by atoms with Crippen molar-refractivity contribution in [2.24, 2.45) is 0 Å². The van der Waals surface area contributed by atoms with Crippen molar-refractivity contribution in [3.05, 3.63) is 65.9 Å². The van der Waals surface area contributed by atoms with Gasteiger partial charge in [0.25, 0.3) is 5.91 Å². The Labute approximate surface area is 183 Å². The van der Waals surface area contributed by atoms with Crippen molar-refractivity contribution >= 4 is 5.91 Å². The molecule has 0 unspecified atom stereocenters. The lowest BCUT2D eigenvalue weighted by atomic mass is 10.1. The van der Waals surface area contributed by atoms with Crippen LogP contribution in [0.5, 0.6) is 0 Å². The molecule has 10 nitrogen and oxygen atoms in total. The lowest BCUT2D eigenvalue weighted by Gasteiger charge is -2.28. The topological polar surface area (TPSA) is 108 Å². The first-order valence-corrected chi connectivity index (χ1v) is 10.1. The first kappa shape index (κ1) is 21.2. The summed E-state index contributed by atoms with van der Waals surface area (Å²) in [5.41, 5.74) is 2.50. The molecule has 32 heavy (non-hydrogen) atoms. The highest BCUT2D eigenvalue weighted by Crippen LogP contribution is 2.19. The van der Waals surface area contributed by atoms with Crippen molar-refractivity contribution in [1.29, 1.82) is 0 Å². The maximum atomic E-state index is 13.5. The van der Waals surface area contributed by atoms with Crippen molar-refractivity contribution in [1.82, 2.24) is 45.1 Å². The number of carbonyl (C=O) groups excluding carboxylic acids is 1. The molecule has 0 radical (unpaired) electrons. The predicted molar refractivity (Wildman–Crippen MR) is 113 cm³/mol. The van der Waals surface area contributed by atoms with Gasteiger partial charge in [-0.25, -0.2) is 9.37 Å². The summed E-state index contributed by atoms with van der Waals surface area (Å²) >= 11 is 0. The minimum Gasteiger partial charge on any atom is -0.334 e. The summed E-state index contributed by atoms with van der Waals surface area (Å²) in [7, 11) is 0. The smallest absolute Gasteiger partial charge is 0.256 e. The number of aryl methyl sites for hydroxylation is 1. The third kappa shape index (κ3) is 4.36. The summed E-state index contributed by atoms with van der Waals surface area (Å²) in [5, 5.41) is 20.7. The van der Waals surface area contributed by atoms with E-state index >= 15 is 0 Å². The number of likely N-dealkylation sites (N-methyl/N-ethyl adjacent to an activating group) is 1. The van der Waals surface area contributed by atoms with Crippen molar-refractivity contribution < 1.29 is 9.18 Å². The molecule has 0 saturated heterocycles. The van der Waals surface area contributed by atoms with Crippen LogP contribution >= 0.6 is 0 Å². The fraction of sp³-hybridized carbons (Fsp3) is 0.286. The Kier molecular flexibility index (Phi) is 5.97. The second-order valence-corrected chi connectivity index (χ2v) is 7.31. The maximum absolute atomic E-state index is 13.5. The number of carbonyl (C=O) groups is 1. The molecule has 1 amide bonds. The van der Waals surface area contributed by atoms with Gasteiger partial charge in [0.05, 0.1) is 42.4 Å². The average molecular weight is 435 g/mol. The van der Waals surface area contributed by atoms with Gasteiger partial charge in [0.1, 0.15) is 11.5 Å². The van der Waals surface area contributed by atoms with E-state index < -0.39 is 5.82 Å². The zero-order chi connectivity index (χ0) is 22.7. The third-order valence-corrected chi connectivity index (χ3v) is 4.99. The molecule has 1 aromatic carbocycles. The predicted octanol–water partition coefficient (Wildman–Crippen LogP) is 2.31. The highest BCUT2D eigenvalue weighted by Gasteiger charge is 2.25. The first-order valence-electron chi connectivity index (χ1n) is 10.1. The molecule has 0 N–H and O–H groups in total. The lowest BCUT2D eigenvalue weighted by Crippen LogP contribution is -2.41. The summed E-state index contributed by atoms with van der Waals surface area (Å²) in [5.74, 6) is -0.290. The van der Waals surface area contributed by atoms with Gasteiger partial charge in [-0.3, -0.25) is 4.79 Å². The normalized spacial score (nSPS) is 12.0. The minimum absolute atomic E-state index is 0.142. The Morgan fingerprint density at radius 3 is 2.66 bits per heavy atom. The van der Waals surface area contributed by atoms with Crippen LogP contribution in [0.4, 0.5) is 4.39 Å². The van der Waals surface area contributed by atoms with Crippen LogP contribution in [0.15, 0.2) is 48.9 Å². The molecule has 0 bridgehead atoms. The molecule has 0 saturated carbocycles. The number of benzene rings is 1. The lowest BCUT2D eigenvalue weighted by molar-refractivity contribution is 0.0680.